The van der Waals surface area contributed by atoms with E-state index < -0.39 is 18.0 Å². The van der Waals surface area contributed by atoms with E-state index in [0.29, 0.717) is 0 Å². The van der Waals surface area contributed by atoms with Gasteiger partial charge in [-0.1, -0.05) is 18.2 Å². The molecule has 1 aliphatic heterocycles. The molecule has 1 unspecified atom stereocenters. The summed E-state index contributed by atoms with van der Waals surface area (Å²) >= 11 is 0. The van der Waals surface area contributed by atoms with Gasteiger partial charge in [0.25, 0.3) is 6.41 Å². The molecule has 1 aromatic carbocycles. The summed E-state index contributed by atoms with van der Waals surface area (Å²) in [5.41, 5.74) is 10.7. The Morgan fingerprint density at radius 1 is 1.37 bits per heavy atom. The largest absolute Gasteiger partial charge is 0.370 e. The zero-order valence-electron chi connectivity index (χ0n) is 14.1. The second kappa shape index (κ2) is 7.64. The van der Waals surface area contributed by atoms with Crippen LogP contribution in [0.4, 0.5) is 14.6 Å². The molecular weight excluding hydrogens is 360 g/mol. The minimum absolute atomic E-state index is 0.00179. The zero-order valence-corrected chi connectivity index (χ0v) is 14.1. The predicted octanol–water partition coefficient (Wildman–Crippen LogP) is 0.482. The number of aromatic nitrogens is 1. The number of nitrogens with two attached hydrogens (primary N) is 2. The number of anilines is 1. The Hall–Kier alpha value is -3.11. The number of ether oxygens (including phenoxy) is 1. The molecule has 0 bridgehead atoms. The van der Waals surface area contributed by atoms with Crippen LogP contribution < -0.4 is 16.4 Å². The Morgan fingerprint density at radius 3 is 2.74 bits per heavy atom. The molecule has 27 heavy (non-hydrogen) atoms. The summed E-state index contributed by atoms with van der Waals surface area (Å²) in [5.74, 6) is -1.62. The molecule has 0 spiro atoms. The van der Waals surface area contributed by atoms with Gasteiger partial charge in [-0.15, -0.1) is 0 Å². The van der Waals surface area contributed by atoms with Gasteiger partial charge >= 0.3 is 0 Å². The lowest BCUT2D eigenvalue weighted by Gasteiger charge is -2.30. The summed E-state index contributed by atoms with van der Waals surface area (Å²) in [6.45, 7) is -0.0767. The molecule has 1 aliphatic rings. The van der Waals surface area contributed by atoms with Crippen LogP contribution in [-0.2, 0) is 16.1 Å². The molecule has 10 heteroatoms. The van der Waals surface area contributed by atoms with Gasteiger partial charge in [-0.25, -0.2) is 13.8 Å². The van der Waals surface area contributed by atoms with Gasteiger partial charge in [-0.3, -0.25) is 4.79 Å². The van der Waals surface area contributed by atoms with Crippen molar-refractivity contribution in [1.29, 1.82) is 0 Å². The van der Waals surface area contributed by atoms with Crippen LogP contribution in [0.15, 0.2) is 35.5 Å². The first-order chi connectivity index (χ1) is 12.8. The van der Waals surface area contributed by atoms with Gasteiger partial charge in [0.15, 0.2) is 23.4 Å². The second-order valence-corrected chi connectivity index (χ2v) is 5.89. The average molecular weight is 377 g/mol. The van der Waals surface area contributed by atoms with Crippen LogP contribution in [0, 0.1) is 11.6 Å². The van der Waals surface area contributed by atoms with E-state index in [1.165, 1.54) is 23.2 Å². The van der Waals surface area contributed by atoms with Gasteiger partial charge in [0.2, 0.25) is 0 Å². The molecule has 1 atom stereocenters. The smallest absolute Gasteiger partial charge is 0.259 e. The lowest BCUT2D eigenvalue weighted by Crippen LogP contribution is -2.48. The highest BCUT2D eigenvalue weighted by Crippen LogP contribution is 2.29. The lowest BCUT2D eigenvalue weighted by atomic mass is 10.0. The molecule has 1 fully saturated rings. The summed E-state index contributed by atoms with van der Waals surface area (Å²) in [7, 11) is 0. The second-order valence-electron chi connectivity index (χ2n) is 5.89. The fourth-order valence-corrected chi connectivity index (χ4v) is 2.58. The Labute approximate surface area is 153 Å². The molecular formula is C17H17F2N5O3. The van der Waals surface area contributed by atoms with Crippen molar-refractivity contribution in [3.8, 4) is 11.1 Å². The minimum Gasteiger partial charge on any atom is -0.370 e. The van der Waals surface area contributed by atoms with Gasteiger partial charge in [0.05, 0.1) is 19.7 Å². The molecule has 142 valence electrons. The van der Waals surface area contributed by atoms with Crippen molar-refractivity contribution in [1.82, 2.24) is 4.98 Å². The van der Waals surface area contributed by atoms with Crippen molar-refractivity contribution in [3.63, 3.8) is 0 Å². The summed E-state index contributed by atoms with van der Waals surface area (Å²) in [6.07, 6.45) is -0.297. The third-order valence-electron chi connectivity index (χ3n) is 3.89. The van der Waals surface area contributed by atoms with Crippen molar-refractivity contribution in [3.05, 3.63) is 47.7 Å². The predicted molar refractivity (Wildman–Crippen MR) is 93.4 cm³/mol. The van der Waals surface area contributed by atoms with Crippen molar-refractivity contribution >= 4 is 17.6 Å². The lowest BCUT2D eigenvalue weighted by molar-refractivity contribution is -0.119. The third-order valence-corrected chi connectivity index (χ3v) is 3.89. The van der Waals surface area contributed by atoms with Crippen LogP contribution in [0.5, 0.6) is 0 Å². The molecule has 2 aromatic rings. The highest BCUT2D eigenvalue weighted by atomic mass is 19.1. The van der Waals surface area contributed by atoms with Crippen molar-refractivity contribution < 1.29 is 23.4 Å². The van der Waals surface area contributed by atoms with Gasteiger partial charge in [-0.2, -0.15) is 4.99 Å². The van der Waals surface area contributed by atoms with Crippen LogP contribution in [0.1, 0.15) is 5.56 Å². The van der Waals surface area contributed by atoms with Gasteiger partial charge in [-0.05, 0) is 6.07 Å². The molecule has 3 rings (SSSR count). The number of aliphatic hydroxyl groups excluding tert-OH is 1. The number of aliphatic imine (C=N–C) groups is 1. The van der Waals surface area contributed by atoms with Gasteiger partial charge in [0.1, 0.15) is 5.82 Å². The van der Waals surface area contributed by atoms with Crippen LogP contribution in [0.2, 0.25) is 0 Å². The molecule has 0 amide bonds. The van der Waals surface area contributed by atoms with E-state index in [4.69, 9.17) is 16.2 Å². The number of ketones is 1. The number of benzene rings is 1. The minimum atomic E-state index is -1.63. The van der Waals surface area contributed by atoms with Crippen molar-refractivity contribution in [2.45, 2.75) is 13.0 Å². The van der Waals surface area contributed by atoms with Crippen LogP contribution in [0.3, 0.4) is 0 Å². The average Bonchev–Trinajstić information content (AvgIpc) is 2.58. The van der Waals surface area contributed by atoms with E-state index in [0.717, 1.165) is 6.07 Å². The standard InChI is InChI=1S/C17H17F2N5O3/c18-13-4-10(5-22-15(13)24-6-11(25)7-24)12-3-1-2-9(14(12)19)8-27-17(26)23-16(20)21/h1-5,17,26H,6-8H2,(H4,20,21,23). The normalized spacial score (nSPS) is 14.6. The summed E-state index contributed by atoms with van der Waals surface area (Å²) in [4.78, 5) is 19.9. The Kier molecular flexibility index (Phi) is 5.28. The highest BCUT2D eigenvalue weighted by molar-refractivity contribution is 5.95. The number of aliphatic hydroxyl groups is 1. The van der Waals surface area contributed by atoms with E-state index in [1.54, 1.807) is 6.07 Å². The van der Waals surface area contributed by atoms with E-state index in [-0.39, 0.29) is 53.9 Å². The maximum absolute atomic E-state index is 14.7. The van der Waals surface area contributed by atoms with Crippen LogP contribution >= 0.6 is 0 Å². The Morgan fingerprint density at radius 2 is 2.11 bits per heavy atom. The molecule has 0 saturated carbocycles. The molecule has 8 nitrogen and oxygen atoms in total. The first-order valence-corrected chi connectivity index (χ1v) is 7.93. The van der Waals surface area contributed by atoms with E-state index in [1.807, 2.05) is 0 Å². The molecule has 0 aliphatic carbocycles. The summed E-state index contributed by atoms with van der Waals surface area (Å²) < 4.78 is 34.0. The summed E-state index contributed by atoms with van der Waals surface area (Å²) in [5, 5.41) is 9.44. The molecule has 2 heterocycles. The fraction of sp³-hybridized carbons (Fsp3) is 0.235. The van der Waals surface area contributed by atoms with Crippen LogP contribution in [0.25, 0.3) is 11.1 Å². The number of guanidine groups is 1. The summed E-state index contributed by atoms with van der Waals surface area (Å²) in [6, 6.07) is 5.63. The van der Waals surface area contributed by atoms with E-state index in [2.05, 4.69) is 9.98 Å². The fourth-order valence-electron chi connectivity index (χ4n) is 2.58. The van der Waals surface area contributed by atoms with Crippen molar-refractivity contribution in [2.24, 2.45) is 16.5 Å². The molecule has 5 N–H and O–H groups in total. The maximum Gasteiger partial charge on any atom is 0.259 e. The molecule has 0 radical (unpaired) electrons. The monoisotopic (exact) mass is 377 g/mol. The highest BCUT2D eigenvalue weighted by Gasteiger charge is 2.27. The zero-order chi connectivity index (χ0) is 19.6. The van der Waals surface area contributed by atoms with Gasteiger partial charge in [0, 0.05) is 22.9 Å². The first kappa shape index (κ1) is 18.7. The number of Topliss-reactive ketones (excluding diaryl/α,β-unsaturated/α-hetero) is 1. The number of carbonyl (C=O) groups is 1. The number of pyridine rings is 1. The molecule has 1 saturated heterocycles. The number of carbonyl (C=O) groups excluding carboxylic acids is 1. The Balaban J connectivity index is 1.80. The SMILES string of the molecule is NC(N)=NC(O)OCc1cccc(-c2cnc(N3CC(=O)C3)c(F)c2)c1F. The van der Waals surface area contributed by atoms with Crippen molar-refractivity contribution in [2.75, 3.05) is 18.0 Å². The van der Waals surface area contributed by atoms with Crippen LogP contribution in [-0.4, -0.2) is 41.3 Å². The first-order valence-electron chi connectivity index (χ1n) is 7.93. The molecule has 1 aromatic heterocycles. The number of rotatable bonds is 6. The number of halogens is 2. The Bertz CT molecular complexity index is 894. The third kappa shape index (κ3) is 4.18. The quantitative estimate of drug-likeness (QED) is 0.380. The van der Waals surface area contributed by atoms with E-state index >= 15 is 0 Å². The number of hydrogen-bond acceptors (Lipinski definition) is 6. The number of nitrogens with zero attached hydrogens (tertiary/aromatic N) is 3. The van der Waals surface area contributed by atoms with E-state index in [9.17, 15) is 18.7 Å². The maximum atomic E-state index is 14.7. The topological polar surface area (TPSA) is 127 Å². The van der Waals surface area contributed by atoms with Gasteiger partial charge < -0.3 is 26.2 Å². The number of hydrogen-bond donors (Lipinski definition) is 3.